The van der Waals surface area contributed by atoms with Crippen LogP contribution in [-0.4, -0.2) is 56.2 Å². The molecule has 15 heavy (non-hydrogen) atoms. The first-order chi connectivity index (χ1) is 7.02. The highest BCUT2D eigenvalue weighted by Gasteiger charge is 2.13. The number of nitrogens with two attached hydrogens (primary N) is 1. The van der Waals surface area contributed by atoms with E-state index in [-0.39, 0.29) is 13.1 Å². The average Bonchev–Trinajstić information content (AvgIpc) is 2.17. The number of hydrogen-bond donors (Lipinski definition) is 1. The number of guanidine groups is 1. The average molecular weight is 216 g/mol. The lowest BCUT2D eigenvalue weighted by molar-refractivity contribution is 0.270. The largest absolute Gasteiger partial charge is 0.349 e. The lowest BCUT2D eigenvalue weighted by atomic mass is 10.3. The van der Waals surface area contributed by atoms with Crippen molar-refractivity contribution in [2.45, 2.75) is 13.1 Å². The number of allylic oxidation sites excluding steroid dienone is 1. The second kappa shape index (κ2) is 7.23. The first kappa shape index (κ1) is 13.9. The highest BCUT2D eigenvalue weighted by molar-refractivity contribution is 5.80. The highest BCUT2D eigenvalue weighted by Crippen LogP contribution is 1.98. The molecule has 0 aliphatic heterocycles. The first-order valence-electron chi connectivity index (χ1n) is 4.94. The molecule has 0 aliphatic rings. The van der Waals surface area contributed by atoms with Crippen LogP contribution < -0.4 is 5.73 Å². The molecule has 0 aromatic carbocycles. The van der Waals surface area contributed by atoms with Crippen LogP contribution in [0.4, 0.5) is 4.39 Å². The lowest BCUT2D eigenvalue weighted by Crippen LogP contribution is -2.42. The maximum Gasteiger partial charge on any atom is 0.200 e. The second-order valence-electron chi connectivity index (χ2n) is 3.52. The zero-order chi connectivity index (χ0) is 11.8. The normalized spacial score (nSPS) is 14.4. The van der Waals surface area contributed by atoms with Gasteiger partial charge in [-0.05, 0) is 6.92 Å². The summed E-state index contributed by atoms with van der Waals surface area (Å²) in [6.45, 7) is 2.17. The molecule has 0 heterocycles. The van der Waals surface area contributed by atoms with Crippen LogP contribution in [0.2, 0.25) is 0 Å². The molecule has 0 saturated heterocycles. The smallest absolute Gasteiger partial charge is 0.200 e. The molecule has 0 aliphatic carbocycles. The van der Waals surface area contributed by atoms with E-state index in [9.17, 15) is 4.39 Å². The molecule has 0 aromatic rings. The Morgan fingerprint density at radius 2 is 2.07 bits per heavy atom. The monoisotopic (exact) mass is 216 g/mol. The Morgan fingerprint density at radius 1 is 1.47 bits per heavy atom. The number of alkyl halides is 1. The Labute approximate surface area is 91.3 Å². The fraction of sp³-hybridized carbons (Fsp3) is 0.700. The fourth-order valence-corrected chi connectivity index (χ4v) is 1.15. The van der Waals surface area contributed by atoms with Gasteiger partial charge in [-0.2, -0.15) is 0 Å². The lowest BCUT2D eigenvalue weighted by Gasteiger charge is -2.26. The van der Waals surface area contributed by atoms with Gasteiger partial charge in [-0.15, -0.1) is 0 Å². The van der Waals surface area contributed by atoms with Gasteiger partial charge in [0.05, 0.1) is 6.54 Å². The Morgan fingerprint density at radius 3 is 2.47 bits per heavy atom. The van der Waals surface area contributed by atoms with Gasteiger partial charge in [0.2, 0.25) is 5.96 Å². The van der Waals surface area contributed by atoms with E-state index in [4.69, 9.17) is 5.73 Å². The van der Waals surface area contributed by atoms with Crippen LogP contribution in [0.25, 0.3) is 0 Å². The van der Waals surface area contributed by atoms with Crippen molar-refractivity contribution in [1.82, 2.24) is 9.80 Å². The van der Waals surface area contributed by atoms with E-state index >= 15 is 0 Å². The van der Waals surface area contributed by atoms with Gasteiger partial charge in [-0.25, -0.2) is 9.38 Å². The molecular formula is C10H21FN4. The molecule has 1 atom stereocenters. The van der Waals surface area contributed by atoms with E-state index < -0.39 is 6.17 Å². The second-order valence-corrected chi connectivity index (χ2v) is 3.52. The van der Waals surface area contributed by atoms with E-state index in [1.54, 1.807) is 18.1 Å². The molecule has 0 rings (SSSR count). The van der Waals surface area contributed by atoms with Crippen LogP contribution >= 0.6 is 0 Å². The van der Waals surface area contributed by atoms with Crippen LogP contribution in [0.15, 0.2) is 17.3 Å². The van der Waals surface area contributed by atoms with Gasteiger partial charge < -0.3 is 15.5 Å². The molecule has 0 fully saturated rings. The van der Waals surface area contributed by atoms with Gasteiger partial charge in [0.25, 0.3) is 0 Å². The molecule has 88 valence electrons. The summed E-state index contributed by atoms with van der Waals surface area (Å²) in [7, 11) is 5.54. The van der Waals surface area contributed by atoms with Crippen LogP contribution in [0, 0.1) is 0 Å². The molecule has 2 N–H and O–H groups in total. The topological polar surface area (TPSA) is 44.9 Å². The number of hydrogen-bond acceptors (Lipinski definition) is 2. The molecule has 0 aromatic heterocycles. The third kappa shape index (κ3) is 5.37. The number of halogens is 1. The standard InChI is InChI=1S/C10H21FN4/c1-5-6-13-10(14(2)3)15(4)8-9(11)7-12/h5-6,9H,7-8,12H2,1-4H3/b6-5+,13-10+/t9-/m0/s1. The molecule has 4 nitrogen and oxygen atoms in total. The number of rotatable bonds is 4. The summed E-state index contributed by atoms with van der Waals surface area (Å²) < 4.78 is 13.1. The molecule has 5 heteroatoms. The van der Waals surface area contributed by atoms with Gasteiger partial charge in [-0.3, -0.25) is 0 Å². The summed E-state index contributed by atoms with van der Waals surface area (Å²) in [4.78, 5) is 7.79. The van der Waals surface area contributed by atoms with Gasteiger partial charge in [-0.1, -0.05) is 6.08 Å². The minimum atomic E-state index is -1.02. The minimum absolute atomic E-state index is 0.0364. The fourth-order valence-electron chi connectivity index (χ4n) is 1.15. The molecule has 0 spiro atoms. The Balaban J connectivity index is 4.49. The summed E-state index contributed by atoms with van der Waals surface area (Å²) in [6.07, 6.45) is 2.49. The predicted octanol–water partition coefficient (Wildman–Crippen LogP) is 0.666. The van der Waals surface area contributed by atoms with Crippen LogP contribution in [0.3, 0.4) is 0 Å². The predicted molar refractivity (Wildman–Crippen MR) is 62.5 cm³/mol. The van der Waals surface area contributed by atoms with Gasteiger partial charge in [0.15, 0.2) is 0 Å². The third-order valence-electron chi connectivity index (χ3n) is 1.81. The Kier molecular flexibility index (Phi) is 6.70. The van der Waals surface area contributed by atoms with E-state index in [0.717, 1.165) is 0 Å². The zero-order valence-electron chi connectivity index (χ0n) is 9.94. The minimum Gasteiger partial charge on any atom is -0.349 e. The maximum absolute atomic E-state index is 13.1. The van der Waals surface area contributed by atoms with E-state index in [2.05, 4.69) is 4.99 Å². The van der Waals surface area contributed by atoms with E-state index in [0.29, 0.717) is 5.96 Å². The highest BCUT2D eigenvalue weighted by atomic mass is 19.1. The van der Waals surface area contributed by atoms with Crippen molar-refractivity contribution >= 4 is 5.96 Å². The summed E-state index contributed by atoms with van der Waals surface area (Å²) in [5.41, 5.74) is 5.23. The van der Waals surface area contributed by atoms with Crippen molar-refractivity contribution in [3.8, 4) is 0 Å². The van der Waals surface area contributed by atoms with Crippen molar-refractivity contribution in [1.29, 1.82) is 0 Å². The van der Waals surface area contributed by atoms with Crippen molar-refractivity contribution in [2.75, 3.05) is 34.2 Å². The van der Waals surface area contributed by atoms with Crippen molar-refractivity contribution in [3.05, 3.63) is 12.3 Å². The summed E-state index contributed by atoms with van der Waals surface area (Å²) >= 11 is 0. The Hall–Kier alpha value is -1.10. The van der Waals surface area contributed by atoms with Gasteiger partial charge in [0, 0.05) is 33.9 Å². The summed E-state index contributed by atoms with van der Waals surface area (Å²) in [6, 6.07) is 0. The molecule has 0 radical (unpaired) electrons. The maximum atomic E-state index is 13.1. The quantitative estimate of drug-likeness (QED) is 0.555. The molecule has 0 unspecified atom stereocenters. The molecule has 0 saturated carbocycles. The summed E-state index contributed by atoms with van der Waals surface area (Å²) in [5.74, 6) is 0.712. The van der Waals surface area contributed by atoms with Crippen molar-refractivity contribution in [3.63, 3.8) is 0 Å². The molecular weight excluding hydrogens is 195 g/mol. The number of aliphatic imine (C=N–C) groups is 1. The SMILES string of the molecule is C/C=C/N=C(\N(C)C)N(C)C[C@@H](F)CN. The van der Waals surface area contributed by atoms with Crippen LogP contribution in [-0.2, 0) is 0 Å². The van der Waals surface area contributed by atoms with Crippen molar-refractivity contribution in [2.24, 2.45) is 10.7 Å². The van der Waals surface area contributed by atoms with Crippen molar-refractivity contribution < 1.29 is 4.39 Å². The van der Waals surface area contributed by atoms with E-state index in [1.807, 2.05) is 32.0 Å². The van der Waals surface area contributed by atoms with Crippen LogP contribution in [0.5, 0.6) is 0 Å². The Bertz CT molecular complexity index is 225. The number of nitrogens with zero attached hydrogens (tertiary/aromatic N) is 3. The van der Waals surface area contributed by atoms with E-state index in [1.165, 1.54) is 0 Å². The van der Waals surface area contributed by atoms with Gasteiger partial charge >= 0.3 is 0 Å². The van der Waals surface area contributed by atoms with Crippen LogP contribution in [0.1, 0.15) is 6.92 Å². The zero-order valence-corrected chi connectivity index (χ0v) is 9.94. The molecule has 0 bridgehead atoms. The first-order valence-corrected chi connectivity index (χ1v) is 4.94. The summed E-state index contributed by atoms with van der Waals surface area (Å²) in [5, 5.41) is 0. The third-order valence-corrected chi connectivity index (χ3v) is 1.81. The van der Waals surface area contributed by atoms with Gasteiger partial charge in [0.1, 0.15) is 6.17 Å². The molecule has 0 amide bonds.